The van der Waals surface area contributed by atoms with Crippen molar-refractivity contribution in [3.63, 3.8) is 0 Å². The van der Waals surface area contributed by atoms with Gasteiger partial charge in [-0.15, -0.1) is 0 Å². The minimum atomic E-state index is -0.816. The Kier molecular flexibility index (Phi) is 4.83. The topological polar surface area (TPSA) is 57.6 Å². The number of rotatable bonds is 3. The summed E-state index contributed by atoms with van der Waals surface area (Å²) in [4.78, 5) is 24.7. The Bertz CT molecular complexity index is 568. The first-order valence-corrected chi connectivity index (χ1v) is 7.23. The molecule has 1 N–H and O–H groups in total. The van der Waals surface area contributed by atoms with Crippen LogP contribution in [-0.4, -0.2) is 35.0 Å². The molecule has 1 amide bonds. The first kappa shape index (κ1) is 15.8. The molecule has 1 aliphatic heterocycles. The van der Waals surface area contributed by atoms with Gasteiger partial charge in [0.2, 0.25) is 0 Å². The van der Waals surface area contributed by atoms with Gasteiger partial charge in [0.05, 0.1) is 10.6 Å². The Balaban J connectivity index is 2.05. The van der Waals surface area contributed by atoms with Gasteiger partial charge in [0.25, 0.3) is 5.91 Å². The van der Waals surface area contributed by atoms with Gasteiger partial charge in [-0.05, 0) is 43.4 Å². The normalized spacial score (nSPS) is 16.0. The number of hydrogen-bond donors (Lipinski definition) is 1. The van der Waals surface area contributed by atoms with E-state index in [1.165, 1.54) is 12.1 Å². The number of carboxylic acid groups (broad SMARTS) is 1. The number of likely N-dealkylation sites (tertiary alicyclic amines) is 1. The zero-order valence-corrected chi connectivity index (χ0v) is 12.5. The molecule has 0 saturated carbocycles. The van der Waals surface area contributed by atoms with Gasteiger partial charge in [-0.3, -0.25) is 9.59 Å². The molecule has 0 radical (unpaired) electrons. The second-order valence-corrected chi connectivity index (χ2v) is 5.82. The average molecular weight is 314 g/mol. The molecule has 0 atom stereocenters. The summed E-state index contributed by atoms with van der Waals surface area (Å²) >= 11 is 6.02. The maximum absolute atomic E-state index is 13.6. The van der Waals surface area contributed by atoms with Crippen LogP contribution in [0.1, 0.15) is 35.2 Å². The van der Waals surface area contributed by atoms with E-state index in [-0.39, 0.29) is 28.8 Å². The van der Waals surface area contributed by atoms with Crippen LogP contribution in [0.5, 0.6) is 0 Å². The van der Waals surface area contributed by atoms with Gasteiger partial charge in [0, 0.05) is 19.5 Å². The van der Waals surface area contributed by atoms with Gasteiger partial charge >= 0.3 is 5.97 Å². The van der Waals surface area contributed by atoms with Crippen LogP contribution in [0.15, 0.2) is 12.1 Å². The lowest BCUT2D eigenvalue weighted by molar-refractivity contribution is -0.138. The summed E-state index contributed by atoms with van der Waals surface area (Å²) < 4.78 is 13.6. The van der Waals surface area contributed by atoms with Crippen molar-refractivity contribution in [3.8, 4) is 0 Å². The van der Waals surface area contributed by atoms with Crippen LogP contribution in [0.2, 0.25) is 5.02 Å². The van der Waals surface area contributed by atoms with Crippen molar-refractivity contribution in [2.24, 2.45) is 5.92 Å². The number of halogens is 2. The second kappa shape index (κ2) is 6.43. The molecule has 6 heteroatoms. The van der Waals surface area contributed by atoms with Crippen molar-refractivity contribution in [2.45, 2.75) is 26.2 Å². The summed E-state index contributed by atoms with van der Waals surface area (Å²) in [5.74, 6) is -1.48. The number of carbonyl (C=O) groups excluding carboxylic acids is 1. The van der Waals surface area contributed by atoms with E-state index in [1.807, 2.05) is 0 Å². The second-order valence-electron chi connectivity index (χ2n) is 5.41. The molecular weight excluding hydrogens is 297 g/mol. The number of aryl methyl sites for hydroxylation is 1. The van der Waals surface area contributed by atoms with Gasteiger partial charge in [0.15, 0.2) is 0 Å². The van der Waals surface area contributed by atoms with E-state index < -0.39 is 11.8 Å². The van der Waals surface area contributed by atoms with Crippen molar-refractivity contribution in [1.82, 2.24) is 4.90 Å². The molecule has 0 spiro atoms. The molecule has 1 aromatic rings. The molecule has 0 aliphatic carbocycles. The predicted octanol–water partition coefficient (Wildman–Crippen LogP) is 3.11. The number of piperidine rings is 1. The van der Waals surface area contributed by atoms with Crippen LogP contribution < -0.4 is 0 Å². The summed E-state index contributed by atoms with van der Waals surface area (Å²) in [6.07, 6.45) is 1.41. The highest BCUT2D eigenvalue weighted by molar-refractivity contribution is 6.33. The largest absolute Gasteiger partial charge is 0.481 e. The molecule has 0 aromatic heterocycles. The molecule has 1 saturated heterocycles. The van der Waals surface area contributed by atoms with Crippen molar-refractivity contribution < 1.29 is 19.1 Å². The van der Waals surface area contributed by atoms with E-state index >= 15 is 0 Å². The van der Waals surface area contributed by atoms with Crippen molar-refractivity contribution in [2.75, 3.05) is 13.1 Å². The molecule has 1 aromatic carbocycles. The van der Waals surface area contributed by atoms with Crippen molar-refractivity contribution >= 4 is 23.5 Å². The summed E-state index contributed by atoms with van der Waals surface area (Å²) in [7, 11) is 0. The predicted molar refractivity (Wildman–Crippen MR) is 77.0 cm³/mol. The fourth-order valence-electron chi connectivity index (χ4n) is 2.57. The highest BCUT2D eigenvalue weighted by Crippen LogP contribution is 2.25. The Morgan fingerprint density at radius 3 is 2.57 bits per heavy atom. The van der Waals surface area contributed by atoms with Gasteiger partial charge in [0.1, 0.15) is 5.82 Å². The minimum absolute atomic E-state index is 0.0942. The monoisotopic (exact) mass is 313 g/mol. The smallest absolute Gasteiger partial charge is 0.303 e. The van der Waals surface area contributed by atoms with Crippen molar-refractivity contribution in [1.29, 1.82) is 0 Å². The average Bonchev–Trinajstić information content (AvgIpc) is 2.42. The van der Waals surface area contributed by atoms with Crippen LogP contribution in [0, 0.1) is 18.7 Å². The third-order valence-electron chi connectivity index (χ3n) is 3.84. The fourth-order valence-corrected chi connectivity index (χ4v) is 2.87. The Hall–Kier alpha value is -1.62. The number of benzene rings is 1. The maximum Gasteiger partial charge on any atom is 0.303 e. The summed E-state index contributed by atoms with van der Waals surface area (Å²) in [6.45, 7) is 2.54. The van der Waals surface area contributed by atoms with Crippen LogP contribution >= 0.6 is 11.6 Å². The van der Waals surface area contributed by atoms with Gasteiger partial charge in [-0.25, -0.2) is 4.39 Å². The molecular formula is C15H17ClFNO3. The molecule has 114 valence electrons. The van der Waals surface area contributed by atoms with E-state index in [0.29, 0.717) is 31.5 Å². The zero-order chi connectivity index (χ0) is 15.6. The van der Waals surface area contributed by atoms with Gasteiger partial charge in [-0.2, -0.15) is 0 Å². The van der Waals surface area contributed by atoms with E-state index in [0.717, 1.165) is 0 Å². The first-order valence-electron chi connectivity index (χ1n) is 6.85. The van der Waals surface area contributed by atoms with Gasteiger partial charge < -0.3 is 10.0 Å². The number of carbonyl (C=O) groups is 2. The van der Waals surface area contributed by atoms with Gasteiger partial charge in [-0.1, -0.05) is 11.6 Å². The molecule has 1 fully saturated rings. The van der Waals surface area contributed by atoms with Crippen LogP contribution in [0.25, 0.3) is 0 Å². The summed E-state index contributed by atoms with van der Waals surface area (Å²) in [5.41, 5.74) is 0.563. The number of amides is 1. The lowest BCUT2D eigenvalue weighted by atomic mass is 9.93. The highest BCUT2D eigenvalue weighted by atomic mass is 35.5. The standard InChI is InChI=1S/C15H17ClFNO3/c1-9-6-12(16)11(8-13(9)17)15(21)18-4-2-10(3-5-18)7-14(19)20/h6,8,10H,2-5,7H2,1H3,(H,19,20). The van der Waals surface area contributed by atoms with Crippen molar-refractivity contribution in [3.05, 3.63) is 34.1 Å². The molecule has 0 bridgehead atoms. The van der Waals surface area contributed by atoms with Crippen LogP contribution in [0.3, 0.4) is 0 Å². The molecule has 21 heavy (non-hydrogen) atoms. The molecule has 2 rings (SSSR count). The summed E-state index contributed by atoms with van der Waals surface area (Å²) in [6, 6.07) is 2.62. The van der Waals surface area contributed by atoms with E-state index in [1.54, 1.807) is 11.8 Å². The van der Waals surface area contributed by atoms with E-state index in [4.69, 9.17) is 16.7 Å². The molecule has 1 aliphatic rings. The lowest BCUT2D eigenvalue weighted by Crippen LogP contribution is -2.39. The number of nitrogens with zero attached hydrogens (tertiary/aromatic N) is 1. The maximum atomic E-state index is 13.6. The number of aliphatic carboxylic acids is 1. The Morgan fingerprint density at radius 2 is 2.00 bits per heavy atom. The molecule has 0 unspecified atom stereocenters. The first-order chi connectivity index (χ1) is 9.88. The Morgan fingerprint density at radius 1 is 1.38 bits per heavy atom. The zero-order valence-electron chi connectivity index (χ0n) is 11.7. The third kappa shape index (κ3) is 3.73. The molecule has 1 heterocycles. The molecule has 4 nitrogen and oxygen atoms in total. The SMILES string of the molecule is Cc1cc(Cl)c(C(=O)N2CCC(CC(=O)O)CC2)cc1F. The number of carboxylic acids is 1. The lowest BCUT2D eigenvalue weighted by Gasteiger charge is -2.31. The Labute approximate surface area is 127 Å². The fraction of sp³-hybridized carbons (Fsp3) is 0.467. The van der Waals surface area contributed by atoms with Crippen LogP contribution in [0.4, 0.5) is 4.39 Å². The van der Waals surface area contributed by atoms with E-state index in [2.05, 4.69) is 0 Å². The third-order valence-corrected chi connectivity index (χ3v) is 4.16. The van der Waals surface area contributed by atoms with Crippen LogP contribution in [-0.2, 0) is 4.79 Å². The summed E-state index contributed by atoms with van der Waals surface area (Å²) in [5, 5.41) is 9.01. The quantitative estimate of drug-likeness (QED) is 0.932. The number of hydrogen-bond acceptors (Lipinski definition) is 2. The van der Waals surface area contributed by atoms with E-state index in [9.17, 15) is 14.0 Å². The highest BCUT2D eigenvalue weighted by Gasteiger charge is 2.26. The minimum Gasteiger partial charge on any atom is -0.481 e.